The first kappa shape index (κ1) is 15.3. The third-order valence-electron chi connectivity index (χ3n) is 3.08. The molecule has 6 heteroatoms. The van der Waals surface area contributed by atoms with Gasteiger partial charge in [-0.15, -0.1) is 11.3 Å². The average molecular weight is 329 g/mol. The van der Waals surface area contributed by atoms with Crippen molar-refractivity contribution in [3.8, 4) is 16.3 Å². The summed E-state index contributed by atoms with van der Waals surface area (Å²) in [6.45, 7) is 2.74. The normalized spacial score (nSPS) is 10.5. The third kappa shape index (κ3) is 3.78. The fraction of sp³-hybridized carbons (Fsp3) is 0.176. The van der Waals surface area contributed by atoms with E-state index >= 15 is 0 Å². The molecule has 1 aromatic carbocycles. The Morgan fingerprint density at radius 1 is 1.26 bits per heavy atom. The molecule has 5 nitrogen and oxygen atoms in total. The predicted octanol–water partition coefficient (Wildman–Crippen LogP) is 4.16. The van der Waals surface area contributed by atoms with Crippen LogP contribution in [0.3, 0.4) is 0 Å². The number of hydrogen-bond acceptors (Lipinski definition) is 6. The van der Waals surface area contributed by atoms with E-state index in [0.717, 1.165) is 21.9 Å². The van der Waals surface area contributed by atoms with E-state index < -0.39 is 5.97 Å². The molecule has 0 unspecified atom stereocenters. The summed E-state index contributed by atoms with van der Waals surface area (Å²) in [6, 6.07) is 9.36. The average Bonchev–Trinajstić information content (AvgIpc) is 3.25. The first-order valence-corrected chi connectivity index (χ1v) is 8.01. The molecule has 0 spiro atoms. The Labute approximate surface area is 137 Å². The number of thiazole rings is 1. The van der Waals surface area contributed by atoms with E-state index in [4.69, 9.17) is 13.9 Å². The number of aromatic nitrogens is 1. The van der Waals surface area contributed by atoms with Crippen LogP contribution in [0.5, 0.6) is 5.75 Å². The van der Waals surface area contributed by atoms with Crippen LogP contribution in [0.4, 0.5) is 0 Å². The van der Waals surface area contributed by atoms with Crippen molar-refractivity contribution in [2.24, 2.45) is 0 Å². The van der Waals surface area contributed by atoms with Gasteiger partial charge in [-0.25, -0.2) is 9.78 Å². The lowest BCUT2D eigenvalue weighted by Gasteiger charge is -2.03. The fourth-order valence-electron chi connectivity index (χ4n) is 1.96. The van der Waals surface area contributed by atoms with Crippen LogP contribution in [0.25, 0.3) is 10.6 Å². The van der Waals surface area contributed by atoms with Crippen molar-refractivity contribution < 1.29 is 18.7 Å². The van der Waals surface area contributed by atoms with E-state index in [2.05, 4.69) is 4.98 Å². The summed E-state index contributed by atoms with van der Waals surface area (Å²) in [5, 5.41) is 2.46. The number of nitrogens with zero attached hydrogens (tertiary/aromatic N) is 1. The molecule has 0 amide bonds. The summed E-state index contributed by atoms with van der Waals surface area (Å²) in [5.74, 6) is 0.368. The van der Waals surface area contributed by atoms with E-state index in [1.807, 2.05) is 31.2 Å². The molecular weight excluding hydrogens is 314 g/mol. The molecule has 2 heterocycles. The van der Waals surface area contributed by atoms with Gasteiger partial charge in [0, 0.05) is 16.5 Å². The molecule has 0 fully saturated rings. The molecule has 3 rings (SSSR count). The number of furan rings is 1. The van der Waals surface area contributed by atoms with Gasteiger partial charge < -0.3 is 13.9 Å². The zero-order chi connectivity index (χ0) is 16.1. The van der Waals surface area contributed by atoms with Crippen LogP contribution in [-0.2, 0) is 11.3 Å². The molecule has 0 aliphatic carbocycles. The second kappa shape index (κ2) is 7.11. The molecule has 0 aliphatic rings. The van der Waals surface area contributed by atoms with E-state index in [1.54, 1.807) is 17.7 Å². The maximum Gasteiger partial charge on any atom is 0.358 e. The van der Waals surface area contributed by atoms with Crippen LogP contribution in [0, 0.1) is 0 Å². The van der Waals surface area contributed by atoms with Gasteiger partial charge in [0.1, 0.15) is 17.4 Å². The van der Waals surface area contributed by atoms with E-state index in [1.165, 1.54) is 17.6 Å². The minimum atomic E-state index is -0.445. The highest BCUT2D eigenvalue weighted by atomic mass is 32.1. The van der Waals surface area contributed by atoms with E-state index in [-0.39, 0.29) is 6.61 Å². The Balaban J connectivity index is 1.66. The van der Waals surface area contributed by atoms with Crippen molar-refractivity contribution in [1.29, 1.82) is 0 Å². The third-order valence-corrected chi connectivity index (χ3v) is 3.97. The summed E-state index contributed by atoms with van der Waals surface area (Å²) in [6.07, 6.45) is 3.08. The van der Waals surface area contributed by atoms with Crippen molar-refractivity contribution in [1.82, 2.24) is 4.98 Å². The Morgan fingerprint density at radius 2 is 2.09 bits per heavy atom. The minimum Gasteiger partial charge on any atom is -0.494 e. The molecule has 0 radical (unpaired) electrons. The van der Waals surface area contributed by atoms with Crippen LogP contribution >= 0.6 is 11.3 Å². The molecule has 0 N–H and O–H groups in total. The highest BCUT2D eigenvalue weighted by Crippen LogP contribution is 2.26. The van der Waals surface area contributed by atoms with Gasteiger partial charge in [-0.3, -0.25) is 0 Å². The van der Waals surface area contributed by atoms with Crippen LogP contribution in [0.15, 0.2) is 52.7 Å². The molecule has 2 aromatic heterocycles. The fourth-order valence-corrected chi connectivity index (χ4v) is 2.75. The van der Waals surface area contributed by atoms with Crippen LogP contribution in [-0.4, -0.2) is 17.6 Å². The number of carbonyl (C=O) groups excluding carboxylic acids is 1. The summed E-state index contributed by atoms with van der Waals surface area (Å²) >= 11 is 1.40. The number of ether oxygens (including phenoxy) is 2. The predicted molar refractivity (Wildman–Crippen MR) is 86.5 cm³/mol. The summed E-state index contributed by atoms with van der Waals surface area (Å²) in [7, 11) is 0. The van der Waals surface area contributed by atoms with E-state index in [9.17, 15) is 4.79 Å². The molecule has 23 heavy (non-hydrogen) atoms. The highest BCUT2D eigenvalue weighted by molar-refractivity contribution is 7.13. The van der Waals surface area contributed by atoms with Gasteiger partial charge in [0.25, 0.3) is 0 Å². The Kier molecular flexibility index (Phi) is 4.73. The lowest BCUT2D eigenvalue weighted by atomic mass is 10.2. The highest BCUT2D eigenvalue weighted by Gasteiger charge is 2.13. The second-order valence-electron chi connectivity index (χ2n) is 4.70. The SMILES string of the molecule is CCOc1ccc(-c2nc(C(=O)OCc3ccoc3)cs2)cc1. The van der Waals surface area contributed by atoms with Gasteiger partial charge in [-0.2, -0.15) is 0 Å². The summed E-state index contributed by atoms with van der Waals surface area (Å²) in [4.78, 5) is 16.3. The maximum atomic E-state index is 12.0. The molecule has 0 saturated heterocycles. The molecule has 0 saturated carbocycles. The first-order valence-electron chi connectivity index (χ1n) is 7.13. The number of rotatable bonds is 6. The van der Waals surface area contributed by atoms with Crippen molar-refractivity contribution in [3.05, 3.63) is 59.5 Å². The largest absolute Gasteiger partial charge is 0.494 e. The number of esters is 1. The second-order valence-corrected chi connectivity index (χ2v) is 5.56. The molecule has 0 atom stereocenters. The van der Waals surface area contributed by atoms with E-state index in [0.29, 0.717) is 12.3 Å². The molecule has 3 aromatic rings. The lowest BCUT2D eigenvalue weighted by Crippen LogP contribution is -2.05. The van der Waals surface area contributed by atoms with Crippen molar-refractivity contribution in [2.75, 3.05) is 6.61 Å². The summed E-state index contributed by atoms with van der Waals surface area (Å²) < 4.78 is 15.5. The van der Waals surface area contributed by atoms with Gasteiger partial charge in [-0.05, 0) is 37.3 Å². The van der Waals surface area contributed by atoms with Crippen molar-refractivity contribution >= 4 is 17.3 Å². The van der Waals surface area contributed by atoms with Crippen LogP contribution < -0.4 is 4.74 Å². The van der Waals surface area contributed by atoms with Gasteiger partial charge in [0.15, 0.2) is 5.69 Å². The van der Waals surface area contributed by atoms with Gasteiger partial charge in [-0.1, -0.05) is 0 Å². The molecule has 0 aliphatic heterocycles. The Hall–Kier alpha value is -2.60. The Bertz CT molecular complexity index is 762. The standard InChI is InChI=1S/C17H15NO4S/c1-2-21-14-5-3-13(4-6-14)16-18-15(11-23-16)17(19)22-10-12-7-8-20-9-12/h3-9,11H,2,10H2,1H3. The maximum absolute atomic E-state index is 12.0. The van der Waals surface area contributed by atoms with Gasteiger partial charge >= 0.3 is 5.97 Å². The smallest absolute Gasteiger partial charge is 0.358 e. The number of carbonyl (C=O) groups is 1. The number of benzene rings is 1. The monoisotopic (exact) mass is 329 g/mol. The van der Waals surface area contributed by atoms with Crippen molar-refractivity contribution in [2.45, 2.75) is 13.5 Å². The van der Waals surface area contributed by atoms with Gasteiger partial charge in [0.05, 0.1) is 19.1 Å². The minimum absolute atomic E-state index is 0.172. The number of hydrogen-bond donors (Lipinski definition) is 0. The molecule has 118 valence electrons. The zero-order valence-corrected chi connectivity index (χ0v) is 13.3. The van der Waals surface area contributed by atoms with Crippen LogP contribution in [0.1, 0.15) is 23.0 Å². The zero-order valence-electron chi connectivity index (χ0n) is 12.5. The summed E-state index contributed by atoms with van der Waals surface area (Å²) in [5.41, 5.74) is 2.05. The topological polar surface area (TPSA) is 61.6 Å². The molecule has 0 bridgehead atoms. The first-order chi connectivity index (χ1) is 11.3. The van der Waals surface area contributed by atoms with Crippen molar-refractivity contribution in [3.63, 3.8) is 0 Å². The van der Waals surface area contributed by atoms with Crippen LogP contribution in [0.2, 0.25) is 0 Å². The van der Waals surface area contributed by atoms with Gasteiger partial charge in [0.2, 0.25) is 0 Å². The molecular formula is C17H15NO4S. The Morgan fingerprint density at radius 3 is 2.78 bits per heavy atom. The quantitative estimate of drug-likeness (QED) is 0.636. The lowest BCUT2D eigenvalue weighted by molar-refractivity contribution is 0.0466.